The lowest BCUT2D eigenvalue weighted by Gasteiger charge is -2.08. The van der Waals surface area contributed by atoms with E-state index in [1.807, 2.05) is 6.08 Å². The van der Waals surface area contributed by atoms with Crippen LogP contribution in [0.4, 0.5) is 13.2 Å². The van der Waals surface area contributed by atoms with Gasteiger partial charge in [-0.15, -0.1) is 12.4 Å². The predicted octanol–water partition coefficient (Wildman–Crippen LogP) is 2.19. The first-order valence-corrected chi connectivity index (χ1v) is 5.37. The van der Waals surface area contributed by atoms with Crippen LogP contribution in [0.15, 0.2) is 24.0 Å². The minimum absolute atomic E-state index is 0. The van der Waals surface area contributed by atoms with Crippen molar-refractivity contribution in [1.82, 2.24) is 15.3 Å². The highest BCUT2D eigenvalue weighted by atomic mass is 35.5. The number of rotatable bonds is 0. The average molecular weight is 290 g/mol. The molecule has 3 nitrogen and oxygen atoms in total. The lowest BCUT2D eigenvalue weighted by Crippen LogP contribution is -2.20. The highest BCUT2D eigenvalue weighted by molar-refractivity contribution is 5.85. The summed E-state index contributed by atoms with van der Waals surface area (Å²) in [5.41, 5.74) is 1.36. The van der Waals surface area contributed by atoms with E-state index >= 15 is 0 Å². The Morgan fingerprint density at radius 3 is 2.37 bits per heavy atom. The lowest BCUT2D eigenvalue weighted by molar-refractivity contribution is -0.145. The van der Waals surface area contributed by atoms with Gasteiger partial charge in [0, 0.05) is 31.1 Å². The molecule has 0 unspecified atom stereocenters. The van der Waals surface area contributed by atoms with Crippen molar-refractivity contribution in [1.29, 1.82) is 0 Å². The third kappa shape index (κ3) is 4.54. The number of nitrogens with one attached hydrogen (secondary N) is 1. The highest BCUT2D eigenvalue weighted by Gasteiger charge is 2.34. The Balaban J connectivity index is 0.00000180. The van der Waals surface area contributed by atoms with Crippen LogP contribution in [0.2, 0.25) is 0 Å². The monoisotopic (exact) mass is 289 g/mol. The van der Waals surface area contributed by atoms with E-state index in [-0.39, 0.29) is 12.4 Å². The fourth-order valence-corrected chi connectivity index (χ4v) is 1.43. The molecule has 0 saturated carbocycles. The van der Waals surface area contributed by atoms with Crippen LogP contribution in [0, 0.1) is 11.8 Å². The Hall–Kier alpha value is -1.58. The van der Waals surface area contributed by atoms with Gasteiger partial charge < -0.3 is 5.32 Å². The van der Waals surface area contributed by atoms with Crippen molar-refractivity contribution in [3.63, 3.8) is 0 Å². The molecule has 1 aromatic heterocycles. The third-order valence-electron chi connectivity index (χ3n) is 2.34. The van der Waals surface area contributed by atoms with Gasteiger partial charge in [-0.25, -0.2) is 9.97 Å². The van der Waals surface area contributed by atoms with Crippen LogP contribution < -0.4 is 5.32 Å². The molecule has 1 aromatic rings. The molecule has 1 N–H and O–H groups in total. The molecule has 1 aliphatic heterocycles. The first-order valence-electron chi connectivity index (χ1n) is 5.37. The van der Waals surface area contributed by atoms with Crippen molar-refractivity contribution in [2.45, 2.75) is 12.6 Å². The first-order chi connectivity index (χ1) is 8.55. The molecule has 2 rings (SSSR count). The largest absolute Gasteiger partial charge is 0.451 e. The Morgan fingerprint density at radius 2 is 1.84 bits per heavy atom. The van der Waals surface area contributed by atoms with Crippen LogP contribution in [-0.2, 0) is 6.18 Å². The molecule has 0 amide bonds. The zero-order chi connectivity index (χ0) is 13.0. The number of alkyl halides is 3. The average Bonchev–Trinajstić information content (AvgIpc) is 2.37. The standard InChI is InChI=1S/C12H10F3N3.ClH/c13-12(14,15)11-17-7-10(8-18-11)2-1-9-3-5-16-6-4-9;/h3,7-8,16H,4-6H2;1H. The molecule has 0 aromatic carbocycles. The summed E-state index contributed by atoms with van der Waals surface area (Å²) >= 11 is 0. The molecule has 0 fully saturated rings. The maximum absolute atomic E-state index is 12.2. The number of aromatic nitrogens is 2. The SMILES string of the molecule is Cl.FC(F)(F)c1ncc(C#CC2=CCNCC2)cn1. The molecular formula is C12H11ClF3N3. The summed E-state index contributed by atoms with van der Waals surface area (Å²) in [6, 6.07) is 0. The van der Waals surface area contributed by atoms with Crippen LogP contribution in [-0.4, -0.2) is 23.1 Å². The minimum Gasteiger partial charge on any atom is -0.313 e. The van der Waals surface area contributed by atoms with E-state index in [4.69, 9.17) is 0 Å². The summed E-state index contributed by atoms with van der Waals surface area (Å²) in [7, 11) is 0. The molecule has 2 heterocycles. The highest BCUT2D eigenvalue weighted by Crippen LogP contribution is 2.25. The molecule has 0 aliphatic carbocycles. The molecule has 0 bridgehead atoms. The van der Waals surface area contributed by atoms with Gasteiger partial charge in [-0.2, -0.15) is 13.2 Å². The minimum atomic E-state index is -4.51. The Bertz CT molecular complexity index is 512. The maximum atomic E-state index is 12.2. The molecular weight excluding hydrogens is 279 g/mol. The zero-order valence-corrected chi connectivity index (χ0v) is 10.6. The quantitative estimate of drug-likeness (QED) is 0.744. The van der Waals surface area contributed by atoms with Crippen molar-refractivity contribution < 1.29 is 13.2 Å². The van der Waals surface area contributed by atoms with Crippen molar-refractivity contribution in [3.8, 4) is 11.8 Å². The van der Waals surface area contributed by atoms with Gasteiger partial charge >= 0.3 is 6.18 Å². The molecule has 19 heavy (non-hydrogen) atoms. The van der Waals surface area contributed by atoms with Crippen LogP contribution in [0.25, 0.3) is 0 Å². The van der Waals surface area contributed by atoms with Gasteiger partial charge in [0.05, 0.1) is 5.56 Å². The van der Waals surface area contributed by atoms with Gasteiger partial charge in [0.2, 0.25) is 5.82 Å². The maximum Gasteiger partial charge on any atom is 0.451 e. The van der Waals surface area contributed by atoms with E-state index in [2.05, 4.69) is 27.1 Å². The lowest BCUT2D eigenvalue weighted by atomic mass is 10.1. The molecule has 0 radical (unpaired) electrons. The van der Waals surface area contributed by atoms with Crippen LogP contribution >= 0.6 is 12.4 Å². The fourth-order valence-electron chi connectivity index (χ4n) is 1.43. The number of nitrogens with zero attached hydrogens (tertiary/aromatic N) is 2. The number of halogens is 4. The Labute approximate surface area is 114 Å². The molecule has 0 atom stereocenters. The summed E-state index contributed by atoms with van der Waals surface area (Å²) in [4.78, 5) is 6.49. The molecule has 0 spiro atoms. The Morgan fingerprint density at radius 1 is 1.16 bits per heavy atom. The smallest absolute Gasteiger partial charge is 0.313 e. The van der Waals surface area contributed by atoms with E-state index in [9.17, 15) is 13.2 Å². The van der Waals surface area contributed by atoms with E-state index in [1.54, 1.807) is 0 Å². The van der Waals surface area contributed by atoms with Gasteiger partial charge in [0.15, 0.2) is 0 Å². The second-order valence-corrected chi connectivity index (χ2v) is 3.73. The van der Waals surface area contributed by atoms with E-state index in [0.29, 0.717) is 5.56 Å². The third-order valence-corrected chi connectivity index (χ3v) is 2.34. The van der Waals surface area contributed by atoms with Crippen molar-refractivity contribution >= 4 is 12.4 Å². The predicted molar refractivity (Wildman–Crippen MR) is 66.7 cm³/mol. The summed E-state index contributed by atoms with van der Waals surface area (Å²) in [5.74, 6) is 4.52. The van der Waals surface area contributed by atoms with E-state index < -0.39 is 12.0 Å². The summed E-state index contributed by atoms with van der Waals surface area (Å²) in [5, 5.41) is 3.14. The van der Waals surface area contributed by atoms with Crippen LogP contribution in [0.1, 0.15) is 17.8 Å². The normalized spacial score (nSPS) is 14.8. The van der Waals surface area contributed by atoms with Crippen LogP contribution in [0.5, 0.6) is 0 Å². The summed E-state index contributed by atoms with van der Waals surface area (Å²) in [6.07, 6.45) is 0.453. The van der Waals surface area contributed by atoms with Crippen LogP contribution in [0.3, 0.4) is 0 Å². The first kappa shape index (κ1) is 15.5. The summed E-state index contributed by atoms with van der Waals surface area (Å²) < 4.78 is 36.7. The van der Waals surface area contributed by atoms with Gasteiger partial charge in [-0.3, -0.25) is 0 Å². The van der Waals surface area contributed by atoms with Crippen molar-refractivity contribution in [2.75, 3.05) is 13.1 Å². The van der Waals surface area contributed by atoms with Gasteiger partial charge in [0.1, 0.15) is 0 Å². The Kier molecular flexibility index (Phi) is 5.33. The zero-order valence-electron chi connectivity index (χ0n) is 9.79. The molecule has 1 aliphatic rings. The fraction of sp³-hybridized carbons (Fsp3) is 0.333. The molecule has 102 valence electrons. The van der Waals surface area contributed by atoms with Gasteiger partial charge in [0.25, 0.3) is 0 Å². The van der Waals surface area contributed by atoms with Crippen molar-refractivity contribution in [2.24, 2.45) is 0 Å². The van der Waals surface area contributed by atoms with E-state index in [1.165, 1.54) is 0 Å². The molecule has 7 heteroatoms. The summed E-state index contributed by atoms with van der Waals surface area (Å²) in [6.45, 7) is 1.64. The second kappa shape index (κ2) is 6.55. The van der Waals surface area contributed by atoms with Gasteiger partial charge in [-0.1, -0.05) is 17.9 Å². The second-order valence-electron chi connectivity index (χ2n) is 3.73. The number of hydrogen-bond donors (Lipinski definition) is 1. The number of hydrogen-bond acceptors (Lipinski definition) is 3. The van der Waals surface area contributed by atoms with E-state index in [0.717, 1.165) is 37.5 Å². The molecule has 0 saturated heterocycles. The topological polar surface area (TPSA) is 37.8 Å². The van der Waals surface area contributed by atoms with Crippen molar-refractivity contribution in [3.05, 3.63) is 35.4 Å². The van der Waals surface area contributed by atoms with Gasteiger partial charge in [-0.05, 0) is 6.42 Å².